The normalized spacial score (nSPS) is 14.3. The van der Waals surface area contributed by atoms with Crippen LogP contribution >= 0.6 is 0 Å². The van der Waals surface area contributed by atoms with Gasteiger partial charge in [-0.15, -0.1) is 0 Å². The summed E-state index contributed by atoms with van der Waals surface area (Å²) in [6.45, 7) is 3.59. The number of para-hydroxylation sites is 2. The molecule has 0 saturated carbocycles. The Bertz CT molecular complexity index is 618. The van der Waals surface area contributed by atoms with Gasteiger partial charge in [0.1, 0.15) is 5.76 Å². The quantitative estimate of drug-likeness (QED) is 0.910. The fourth-order valence-electron chi connectivity index (χ4n) is 2.60. The maximum Gasteiger partial charge on any atom is 0.261 e. The summed E-state index contributed by atoms with van der Waals surface area (Å²) in [4.78, 5) is 14.6. The van der Waals surface area contributed by atoms with Gasteiger partial charge < -0.3 is 14.6 Å². The van der Waals surface area contributed by atoms with Gasteiger partial charge in [-0.05, 0) is 24.6 Å². The van der Waals surface area contributed by atoms with Crippen LogP contribution in [0.3, 0.4) is 0 Å². The van der Waals surface area contributed by atoms with E-state index in [9.17, 15) is 4.79 Å². The Kier molecular flexibility index (Phi) is 3.46. The van der Waals surface area contributed by atoms with E-state index in [4.69, 9.17) is 4.42 Å². The SMILES string of the molecule is CCc1occc1C(=O)N1CCCNc2ccccc21. The van der Waals surface area contributed by atoms with E-state index in [1.807, 2.05) is 36.1 Å². The van der Waals surface area contributed by atoms with Gasteiger partial charge in [0.2, 0.25) is 0 Å². The monoisotopic (exact) mass is 270 g/mol. The summed E-state index contributed by atoms with van der Waals surface area (Å²) in [5.74, 6) is 0.774. The molecule has 2 heterocycles. The molecule has 104 valence electrons. The first-order chi connectivity index (χ1) is 9.81. The zero-order valence-electron chi connectivity index (χ0n) is 11.6. The Morgan fingerprint density at radius 2 is 2.20 bits per heavy atom. The number of furan rings is 1. The van der Waals surface area contributed by atoms with E-state index in [-0.39, 0.29) is 5.91 Å². The molecule has 0 aliphatic carbocycles. The smallest absolute Gasteiger partial charge is 0.261 e. The summed E-state index contributed by atoms with van der Waals surface area (Å²) in [5.41, 5.74) is 2.63. The van der Waals surface area contributed by atoms with Gasteiger partial charge in [-0.1, -0.05) is 19.1 Å². The van der Waals surface area contributed by atoms with Gasteiger partial charge >= 0.3 is 0 Å². The third-order valence-corrected chi connectivity index (χ3v) is 3.61. The summed E-state index contributed by atoms with van der Waals surface area (Å²) >= 11 is 0. The predicted octanol–water partition coefficient (Wildman–Crippen LogP) is 3.30. The van der Waals surface area contributed by atoms with Crippen molar-refractivity contribution in [1.29, 1.82) is 0 Å². The molecule has 1 aromatic heterocycles. The number of carbonyl (C=O) groups is 1. The van der Waals surface area contributed by atoms with Gasteiger partial charge in [0.15, 0.2) is 0 Å². The van der Waals surface area contributed by atoms with Crippen LogP contribution in [0.2, 0.25) is 0 Å². The number of carbonyl (C=O) groups excluding carboxylic acids is 1. The molecule has 0 radical (unpaired) electrons. The van der Waals surface area contributed by atoms with Crippen molar-refractivity contribution in [2.24, 2.45) is 0 Å². The van der Waals surface area contributed by atoms with E-state index in [1.54, 1.807) is 12.3 Å². The molecule has 1 aromatic carbocycles. The molecule has 1 amide bonds. The van der Waals surface area contributed by atoms with E-state index in [0.29, 0.717) is 5.56 Å². The maximum atomic E-state index is 12.8. The van der Waals surface area contributed by atoms with Crippen LogP contribution in [0.15, 0.2) is 41.0 Å². The Balaban J connectivity index is 1.99. The molecule has 1 aliphatic rings. The zero-order valence-corrected chi connectivity index (χ0v) is 11.6. The Hall–Kier alpha value is -2.23. The molecule has 0 unspecified atom stereocenters. The minimum absolute atomic E-state index is 0.0201. The number of hydrogen-bond donors (Lipinski definition) is 1. The second-order valence-corrected chi connectivity index (χ2v) is 4.87. The van der Waals surface area contributed by atoms with Crippen molar-refractivity contribution in [2.45, 2.75) is 19.8 Å². The number of aryl methyl sites for hydroxylation is 1. The van der Waals surface area contributed by atoms with Crippen LogP contribution in [0.5, 0.6) is 0 Å². The lowest BCUT2D eigenvalue weighted by Gasteiger charge is -2.22. The number of nitrogens with zero attached hydrogens (tertiary/aromatic N) is 1. The van der Waals surface area contributed by atoms with Gasteiger partial charge in [-0.3, -0.25) is 4.79 Å². The molecule has 4 heteroatoms. The average molecular weight is 270 g/mol. The molecule has 2 aromatic rings. The van der Waals surface area contributed by atoms with Crippen molar-refractivity contribution in [3.63, 3.8) is 0 Å². The van der Waals surface area contributed by atoms with Crippen molar-refractivity contribution < 1.29 is 9.21 Å². The minimum Gasteiger partial charge on any atom is -0.469 e. The number of hydrogen-bond acceptors (Lipinski definition) is 3. The highest BCUT2D eigenvalue weighted by Gasteiger charge is 2.24. The van der Waals surface area contributed by atoms with E-state index < -0.39 is 0 Å². The van der Waals surface area contributed by atoms with Gasteiger partial charge in [-0.25, -0.2) is 0 Å². The number of rotatable bonds is 2. The van der Waals surface area contributed by atoms with Gasteiger partial charge in [0.05, 0.1) is 23.2 Å². The summed E-state index contributed by atoms with van der Waals surface area (Å²) in [6, 6.07) is 9.70. The second-order valence-electron chi connectivity index (χ2n) is 4.87. The Morgan fingerprint density at radius 1 is 1.35 bits per heavy atom. The molecule has 0 atom stereocenters. The molecule has 0 spiro atoms. The number of fused-ring (bicyclic) bond motifs is 1. The summed E-state index contributed by atoms with van der Waals surface area (Å²) in [5, 5.41) is 3.37. The van der Waals surface area contributed by atoms with Crippen molar-refractivity contribution in [3.05, 3.63) is 47.9 Å². The third kappa shape index (κ3) is 2.18. The van der Waals surface area contributed by atoms with E-state index in [0.717, 1.165) is 43.1 Å². The Morgan fingerprint density at radius 3 is 3.05 bits per heavy atom. The number of amides is 1. The number of benzene rings is 1. The van der Waals surface area contributed by atoms with Crippen LogP contribution in [0, 0.1) is 0 Å². The summed E-state index contributed by atoms with van der Waals surface area (Å²) in [7, 11) is 0. The highest BCUT2D eigenvalue weighted by Crippen LogP contribution is 2.30. The summed E-state index contributed by atoms with van der Waals surface area (Å²) < 4.78 is 5.38. The first kappa shape index (κ1) is 12.8. The Labute approximate surface area is 118 Å². The minimum atomic E-state index is 0.0201. The first-order valence-corrected chi connectivity index (χ1v) is 7.02. The number of anilines is 2. The zero-order chi connectivity index (χ0) is 13.9. The molecule has 1 aliphatic heterocycles. The van der Waals surface area contributed by atoms with Crippen LogP contribution in [0.25, 0.3) is 0 Å². The van der Waals surface area contributed by atoms with E-state index in [1.165, 1.54) is 0 Å². The van der Waals surface area contributed by atoms with Crippen molar-refractivity contribution in [1.82, 2.24) is 0 Å². The van der Waals surface area contributed by atoms with Gasteiger partial charge in [-0.2, -0.15) is 0 Å². The van der Waals surface area contributed by atoms with Crippen molar-refractivity contribution in [3.8, 4) is 0 Å². The molecule has 1 N–H and O–H groups in total. The van der Waals surface area contributed by atoms with E-state index in [2.05, 4.69) is 5.32 Å². The fourth-order valence-corrected chi connectivity index (χ4v) is 2.60. The molecule has 4 nitrogen and oxygen atoms in total. The second kappa shape index (κ2) is 5.41. The van der Waals surface area contributed by atoms with Crippen LogP contribution in [0.4, 0.5) is 11.4 Å². The lowest BCUT2D eigenvalue weighted by Crippen LogP contribution is -2.31. The van der Waals surface area contributed by atoms with Gasteiger partial charge in [0.25, 0.3) is 5.91 Å². The molecular formula is C16H18N2O2. The van der Waals surface area contributed by atoms with Crippen LogP contribution in [-0.4, -0.2) is 19.0 Å². The third-order valence-electron chi connectivity index (χ3n) is 3.61. The lowest BCUT2D eigenvalue weighted by molar-refractivity contribution is 0.0985. The van der Waals surface area contributed by atoms with Crippen molar-refractivity contribution >= 4 is 17.3 Å². The standard InChI is InChI=1S/C16H18N2O2/c1-2-15-12(8-11-20-15)16(19)18-10-5-9-17-13-6-3-4-7-14(13)18/h3-4,6-8,11,17H,2,5,9-10H2,1H3. The first-order valence-electron chi connectivity index (χ1n) is 7.02. The molecule has 20 heavy (non-hydrogen) atoms. The molecule has 0 saturated heterocycles. The fraction of sp³-hybridized carbons (Fsp3) is 0.312. The topological polar surface area (TPSA) is 45.5 Å². The predicted molar refractivity (Wildman–Crippen MR) is 79.3 cm³/mol. The molecule has 0 fully saturated rings. The highest BCUT2D eigenvalue weighted by molar-refractivity contribution is 6.08. The van der Waals surface area contributed by atoms with E-state index >= 15 is 0 Å². The van der Waals surface area contributed by atoms with Crippen molar-refractivity contribution in [2.75, 3.05) is 23.3 Å². The highest BCUT2D eigenvalue weighted by atomic mass is 16.3. The molecular weight excluding hydrogens is 252 g/mol. The van der Waals surface area contributed by atoms with Crippen LogP contribution < -0.4 is 10.2 Å². The molecule has 0 bridgehead atoms. The maximum absolute atomic E-state index is 12.8. The van der Waals surface area contributed by atoms with Gasteiger partial charge in [0, 0.05) is 19.5 Å². The number of nitrogens with one attached hydrogen (secondary N) is 1. The lowest BCUT2D eigenvalue weighted by atomic mass is 10.1. The average Bonchev–Trinajstić information content (AvgIpc) is 2.86. The summed E-state index contributed by atoms with van der Waals surface area (Å²) in [6.07, 6.45) is 3.25. The van der Waals surface area contributed by atoms with Crippen LogP contribution in [-0.2, 0) is 6.42 Å². The molecule has 3 rings (SSSR count). The largest absolute Gasteiger partial charge is 0.469 e. The van der Waals surface area contributed by atoms with Crippen LogP contribution in [0.1, 0.15) is 29.5 Å².